The lowest BCUT2D eigenvalue weighted by atomic mass is 10.0. The highest BCUT2D eigenvalue weighted by molar-refractivity contribution is 6.60. The summed E-state index contributed by atoms with van der Waals surface area (Å²) in [5.41, 5.74) is 0. The van der Waals surface area contributed by atoms with Crippen LogP contribution < -0.4 is 0 Å². The van der Waals surface area contributed by atoms with E-state index >= 15 is 0 Å². The van der Waals surface area contributed by atoms with Crippen LogP contribution >= 0.6 is 0 Å². The van der Waals surface area contributed by atoms with Gasteiger partial charge in [-0.1, -0.05) is 89.5 Å². The summed E-state index contributed by atoms with van der Waals surface area (Å²) in [5.74, 6) is 0. The van der Waals surface area contributed by atoms with Crippen LogP contribution in [0, 0.1) is 0 Å². The molecule has 0 aromatic heterocycles. The summed E-state index contributed by atoms with van der Waals surface area (Å²) in [6, 6.07) is 0.969. The van der Waals surface area contributed by atoms with E-state index in [1.165, 1.54) is 103 Å². The van der Waals surface area contributed by atoms with Crippen LogP contribution in [-0.4, -0.2) is 28.6 Å². The highest BCUT2D eigenvalue weighted by Crippen LogP contribution is 2.21. The first-order chi connectivity index (χ1) is 14.2. The van der Waals surface area contributed by atoms with Gasteiger partial charge in [0.2, 0.25) is 0 Å². The largest absolute Gasteiger partial charge is 0.500 e. The summed E-state index contributed by atoms with van der Waals surface area (Å²) >= 11 is 0. The Labute approximate surface area is 184 Å². The molecule has 0 N–H and O–H groups in total. The van der Waals surface area contributed by atoms with E-state index in [-0.39, 0.29) is 0 Å². The minimum absolute atomic E-state index is 0.682. The zero-order valence-electron chi connectivity index (χ0n) is 20.2. The average molecular weight is 429 g/mol. The topological polar surface area (TPSA) is 27.7 Å². The molecule has 174 valence electrons. The summed E-state index contributed by atoms with van der Waals surface area (Å²) in [6.07, 6.45) is 23.9. The van der Waals surface area contributed by atoms with Crippen molar-refractivity contribution in [1.82, 2.24) is 0 Å². The minimum atomic E-state index is -2.41. The summed E-state index contributed by atoms with van der Waals surface area (Å²) < 4.78 is 17.8. The molecule has 0 aromatic rings. The molecule has 0 aromatic carbocycles. The van der Waals surface area contributed by atoms with Gasteiger partial charge in [0, 0.05) is 25.9 Å². The monoisotopic (exact) mass is 428 g/mol. The molecule has 0 saturated heterocycles. The number of allylic oxidation sites excluding steroid dienone is 1. The SMILES string of the molecule is C=CCCCCCCCCCCCCCCCCC[Si](OCC)(OCC)OCC. The zero-order chi connectivity index (χ0) is 21.5. The molecular formula is C25H52O3Si. The van der Waals surface area contributed by atoms with Gasteiger partial charge in [-0.15, -0.1) is 6.58 Å². The summed E-state index contributed by atoms with van der Waals surface area (Å²) in [5, 5.41) is 0. The Bertz CT molecular complexity index is 319. The predicted octanol–water partition coefficient (Wildman–Crippen LogP) is 8.46. The van der Waals surface area contributed by atoms with Crippen LogP contribution in [0.1, 0.15) is 124 Å². The molecule has 0 heterocycles. The molecule has 0 aliphatic rings. The van der Waals surface area contributed by atoms with Crippen molar-refractivity contribution in [2.24, 2.45) is 0 Å². The Kier molecular flexibility index (Phi) is 22.4. The van der Waals surface area contributed by atoms with Crippen molar-refractivity contribution >= 4 is 8.80 Å². The van der Waals surface area contributed by atoms with Crippen molar-refractivity contribution in [3.63, 3.8) is 0 Å². The first kappa shape index (κ1) is 28.8. The summed E-state index contributed by atoms with van der Waals surface area (Å²) in [7, 11) is -2.41. The van der Waals surface area contributed by atoms with Crippen molar-refractivity contribution in [3.8, 4) is 0 Å². The number of hydrogen-bond donors (Lipinski definition) is 0. The van der Waals surface area contributed by atoms with Crippen LogP contribution in [0.25, 0.3) is 0 Å². The molecule has 3 nitrogen and oxygen atoms in total. The lowest BCUT2D eigenvalue weighted by Crippen LogP contribution is -2.45. The molecule has 0 bridgehead atoms. The molecule has 0 fully saturated rings. The summed E-state index contributed by atoms with van der Waals surface area (Å²) in [4.78, 5) is 0. The third-order valence-corrected chi connectivity index (χ3v) is 8.64. The number of rotatable bonds is 24. The highest BCUT2D eigenvalue weighted by Gasteiger charge is 2.39. The van der Waals surface area contributed by atoms with Crippen molar-refractivity contribution in [2.75, 3.05) is 19.8 Å². The van der Waals surface area contributed by atoms with E-state index in [2.05, 4.69) is 6.58 Å². The van der Waals surface area contributed by atoms with E-state index in [1.807, 2.05) is 26.8 Å². The van der Waals surface area contributed by atoms with Gasteiger partial charge < -0.3 is 13.3 Å². The molecule has 29 heavy (non-hydrogen) atoms. The quantitative estimate of drug-likeness (QED) is 0.0876. The lowest BCUT2D eigenvalue weighted by molar-refractivity contribution is 0.0706. The third kappa shape index (κ3) is 18.3. The lowest BCUT2D eigenvalue weighted by Gasteiger charge is -2.28. The van der Waals surface area contributed by atoms with E-state index < -0.39 is 8.80 Å². The maximum absolute atomic E-state index is 5.93. The van der Waals surface area contributed by atoms with Gasteiger partial charge in [0.15, 0.2) is 0 Å². The normalized spacial score (nSPS) is 11.8. The first-order valence-corrected chi connectivity index (χ1v) is 14.7. The third-order valence-electron chi connectivity index (χ3n) is 5.48. The Morgan fingerprint density at radius 1 is 0.517 bits per heavy atom. The molecule has 0 radical (unpaired) electrons. The van der Waals surface area contributed by atoms with Crippen LogP contribution in [0.2, 0.25) is 6.04 Å². The van der Waals surface area contributed by atoms with Crippen LogP contribution in [0.15, 0.2) is 12.7 Å². The van der Waals surface area contributed by atoms with Crippen molar-refractivity contribution in [2.45, 2.75) is 130 Å². The Balaban J connectivity index is 3.44. The molecule has 0 aliphatic heterocycles. The molecule has 0 atom stereocenters. The average Bonchev–Trinajstić information content (AvgIpc) is 2.71. The second kappa shape index (κ2) is 22.5. The Hall–Kier alpha value is -0.163. The van der Waals surface area contributed by atoms with Gasteiger partial charge in [-0.3, -0.25) is 0 Å². The fourth-order valence-electron chi connectivity index (χ4n) is 3.93. The number of hydrogen-bond acceptors (Lipinski definition) is 3. The number of unbranched alkanes of at least 4 members (excludes halogenated alkanes) is 15. The van der Waals surface area contributed by atoms with Gasteiger partial charge in [-0.25, -0.2) is 0 Å². The van der Waals surface area contributed by atoms with Crippen molar-refractivity contribution in [3.05, 3.63) is 12.7 Å². The van der Waals surface area contributed by atoms with Gasteiger partial charge in [0.1, 0.15) is 0 Å². The predicted molar refractivity (Wildman–Crippen MR) is 130 cm³/mol. The Morgan fingerprint density at radius 2 is 0.828 bits per heavy atom. The van der Waals surface area contributed by atoms with E-state index in [0.29, 0.717) is 19.8 Å². The van der Waals surface area contributed by atoms with E-state index in [9.17, 15) is 0 Å². The highest BCUT2D eigenvalue weighted by atomic mass is 28.4. The van der Waals surface area contributed by atoms with E-state index in [0.717, 1.165) is 6.04 Å². The van der Waals surface area contributed by atoms with Crippen LogP contribution in [-0.2, 0) is 13.3 Å². The second-order valence-corrected chi connectivity index (χ2v) is 10.8. The fraction of sp³-hybridized carbons (Fsp3) is 0.920. The zero-order valence-corrected chi connectivity index (χ0v) is 21.2. The maximum Gasteiger partial charge on any atom is 0.500 e. The van der Waals surface area contributed by atoms with Crippen LogP contribution in [0.4, 0.5) is 0 Å². The minimum Gasteiger partial charge on any atom is -0.374 e. The molecule has 0 unspecified atom stereocenters. The van der Waals surface area contributed by atoms with Crippen LogP contribution in [0.5, 0.6) is 0 Å². The standard InChI is InChI=1S/C25H52O3Si/c1-5-9-10-11-12-13-14-15-16-17-18-19-20-21-22-23-24-25-29(26-6-2,27-7-3)28-8-4/h5H,1,6-25H2,2-4H3. The first-order valence-electron chi connectivity index (χ1n) is 12.8. The maximum atomic E-state index is 5.93. The molecule has 0 amide bonds. The van der Waals surface area contributed by atoms with Crippen molar-refractivity contribution in [1.29, 1.82) is 0 Å². The molecular weight excluding hydrogens is 376 g/mol. The Morgan fingerprint density at radius 3 is 1.14 bits per heavy atom. The molecule has 0 aliphatic carbocycles. The van der Waals surface area contributed by atoms with Crippen molar-refractivity contribution < 1.29 is 13.3 Å². The van der Waals surface area contributed by atoms with E-state index in [1.54, 1.807) is 0 Å². The van der Waals surface area contributed by atoms with Crippen LogP contribution in [0.3, 0.4) is 0 Å². The molecule has 4 heteroatoms. The van der Waals surface area contributed by atoms with Gasteiger partial charge in [-0.05, 0) is 40.0 Å². The van der Waals surface area contributed by atoms with Gasteiger partial charge >= 0.3 is 8.80 Å². The smallest absolute Gasteiger partial charge is 0.374 e. The van der Waals surface area contributed by atoms with Gasteiger partial charge in [0.25, 0.3) is 0 Å². The molecule has 0 saturated carbocycles. The summed E-state index contributed by atoms with van der Waals surface area (Å²) in [6.45, 7) is 11.9. The van der Waals surface area contributed by atoms with Gasteiger partial charge in [-0.2, -0.15) is 0 Å². The van der Waals surface area contributed by atoms with E-state index in [4.69, 9.17) is 13.3 Å². The molecule has 0 spiro atoms. The molecule has 0 rings (SSSR count). The van der Waals surface area contributed by atoms with Gasteiger partial charge in [0.05, 0.1) is 0 Å². The second-order valence-electron chi connectivity index (χ2n) is 8.11. The fourth-order valence-corrected chi connectivity index (χ4v) is 6.62.